The first-order valence-corrected chi connectivity index (χ1v) is 4.36. The number of carbonyl (C=O) groups excluding carboxylic acids is 1. The fourth-order valence-electron chi connectivity index (χ4n) is 1.13. The Kier molecular flexibility index (Phi) is 3.59. The maximum atomic E-state index is 10.5. The number of pyridine rings is 1. The number of amides is 1. The van der Waals surface area contributed by atoms with E-state index in [0.29, 0.717) is 11.4 Å². The topological polar surface area (TPSA) is 122 Å². The molecule has 82 valence electrons. The van der Waals surface area contributed by atoms with Crippen molar-refractivity contribution in [3.8, 4) is 0 Å². The number of carbonyl (C=O) groups is 1. The third-order valence-corrected chi connectivity index (χ3v) is 1.93. The molecule has 0 bridgehead atoms. The first-order valence-electron chi connectivity index (χ1n) is 4.36. The van der Waals surface area contributed by atoms with Gasteiger partial charge < -0.3 is 21.7 Å². The number of nitrogen functional groups attached to an aromatic ring is 1. The number of aromatic nitrogens is 1. The minimum Gasteiger partial charge on any atom is -0.390 e. The van der Waals surface area contributed by atoms with Crippen LogP contribution in [0.25, 0.3) is 0 Å². The number of nitrogens with two attached hydrogens (primary N) is 2. The summed E-state index contributed by atoms with van der Waals surface area (Å²) >= 11 is 0. The van der Waals surface area contributed by atoms with Crippen molar-refractivity contribution in [2.75, 3.05) is 5.73 Å². The van der Waals surface area contributed by atoms with E-state index in [2.05, 4.69) is 4.98 Å². The Morgan fingerprint density at radius 2 is 2.13 bits per heavy atom. The van der Waals surface area contributed by atoms with Gasteiger partial charge >= 0.3 is 0 Å². The smallest absolute Gasteiger partial charge is 0.220 e. The van der Waals surface area contributed by atoms with Crippen LogP contribution in [-0.4, -0.2) is 27.2 Å². The van der Waals surface area contributed by atoms with Gasteiger partial charge in [-0.05, 0) is 6.07 Å². The van der Waals surface area contributed by atoms with Gasteiger partial charge in [0.15, 0.2) is 0 Å². The normalized spacial score (nSPS) is 14.5. The summed E-state index contributed by atoms with van der Waals surface area (Å²) in [5, 5.41) is 19.0. The number of aliphatic hydroxyl groups excluding tert-OH is 2. The van der Waals surface area contributed by atoms with Crippen LogP contribution in [0.3, 0.4) is 0 Å². The molecule has 6 nitrogen and oxygen atoms in total. The molecule has 0 aromatic carbocycles. The molecule has 0 aliphatic carbocycles. The maximum absolute atomic E-state index is 10.5. The standard InChI is InChI=1S/C9H13N3O3/c10-7-2-1-5(4-12-7)9(15)6(13)3-8(11)14/h1-2,4,6,9,13,15H,3H2,(H2,10,12)(H2,11,14). The molecule has 0 aliphatic heterocycles. The fourth-order valence-corrected chi connectivity index (χ4v) is 1.13. The lowest BCUT2D eigenvalue weighted by Gasteiger charge is -2.16. The van der Waals surface area contributed by atoms with Crippen molar-refractivity contribution in [1.29, 1.82) is 0 Å². The third-order valence-electron chi connectivity index (χ3n) is 1.93. The summed E-state index contributed by atoms with van der Waals surface area (Å²) in [4.78, 5) is 14.3. The zero-order valence-corrected chi connectivity index (χ0v) is 8.00. The highest BCUT2D eigenvalue weighted by atomic mass is 16.3. The van der Waals surface area contributed by atoms with Crippen molar-refractivity contribution in [3.63, 3.8) is 0 Å². The van der Waals surface area contributed by atoms with Gasteiger partial charge in [-0.1, -0.05) is 6.07 Å². The predicted molar refractivity (Wildman–Crippen MR) is 53.4 cm³/mol. The quantitative estimate of drug-likeness (QED) is 0.505. The first kappa shape index (κ1) is 11.4. The Balaban J connectivity index is 2.71. The molecule has 0 fully saturated rings. The third kappa shape index (κ3) is 3.19. The molecule has 2 atom stereocenters. The Hall–Kier alpha value is -1.66. The van der Waals surface area contributed by atoms with E-state index in [1.54, 1.807) is 0 Å². The Morgan fingerprint density at radius 1 is 1.47 bits per heavy atom. The number of primary amides is 1. The monoisotopic (exact) mass is 211 g/mol. The van der Waals surface area contributed by atoms with Gasteiger partial charge in [-0.25, -0.2) is 4.98 Å². The largest absolute Gasteiger partial charge is 0.390 e. The minimum absolute atomic E-state index is 0.300. The summed E-state index contributed by atoms with van der Waals surface area (Å²) in [6.45, 7) is 0. The van der Waals surface area contributed by atoms with E-state index in [0.717, 1.165) is 0 Å². The number of nitrogens with zero attached hydrogens (tertiary/aromatic N) is 1. The van der Waals surface area contributed by atoms with Gasteiger partial charge in [0, 0.05) is 11.8 Å². The van der Waals surface area contributed by atoms with E-state index < -0.39 is 18.1 Å². The molecule has 0 spiro atoms. The molecule has 1 heterocycles. The summed E-state index contributed by atoms with van der Waals surface area (Å²) in [6, 6.07) is 3.02. The molecular weight excluding hydrogens is 198 g/mol. The Morgan fingerprint density at radius 3 is 2.60 bits per heavy atom. The van der Waals surface area contributed by atoms with Crippen LogP contribution in [0.2, 0.25) is 0 Å². The van der Waals surface area contributed by atoms with Crippen molar-refractivity contribution in [2.24, 2.45) is 5.73 Å². The summed E-state index contributed by atoms with van der Waals surface area (Å²) < 4.78 is 0. The van der Waals surface area contributed by atoms with E-state index >= 15 is 0 Å². The zero-order chi connectivity index (χ0) is 11.4. The molecule has 6 heteroatoms. The van der Waals surface area contributed by atoms with Gasteiger partial charge in [-0.3, -0.25) is 4.79 Å². The second-order valence-electron chi connectivity index (χ2n) is 3.20. The summed E-state index contributed by atoms with van der Waals surface area (Å²) in [6.07, 6.45) is -1.38. The van der Waals surface area contributed by atoms with Crippen molar-refractivity contribution in [2.45, 2.75) is 18.6 Å². The van der Waals surface area contributed by atoms with Crippen molar-refractivity contribution < 1.29 is 15.0 Å². The van der Waals surface area contributed by atoms with Crippen LogP contribution < -0.4 is 11.5 Å². The molecule has 0 aliphatic rings. The molecule has 6 N–H and O–H groups in total. The fraction of sp³-hybridized carbons (Fsp3) is 0.333. The molecule has 1 amide bonds. The lowest BCUT2D eigenvalue weighted by Crippen LogP contribution is -2.25. The van der Waals surface area contributed by atoms with Gasteiger partial charge in [0.05, 0.1) is 12.5 Å². The molecule has 15 heavy (non-hydrogen) atoms. The number of hydrogen-bond donors (Lipinski definition) is 4. The molecule has 1 aromatic heterocycles. The average Bonchev–Trinajstić information content (AvgIpc) is 2.17. The van der Waals surface area contributed by atoms with E-state index in [1.165, 1.54) is 18.3 Å². The number of rotatable bonds is 4. The molecule has 2 unspecified atom stereocenters. The van der Waals surface area contributed by atoms with Crippen LogP contribution in [0.4, 0.5) is 5.82 Å². The van der Waals surface area contributed by atoms with Crippen molar-refractivity contribution >= 4 is 11.7 Å². The highest BCUT2D eigenvalue weighted by molar-refractivity contribution is 5.74. The summed E-state index contributed by atoms with van der Waals surface area (Å²) in [5.74, 6) is -0.361. The minimum atomic E-state index is -1.23. The van der Waals surface area contributed by atoms with Crippen LogP contribution in [0.15, 0.2) is 18.3 Å². The molecule has 1 rings (SSSR count). The maximum Gasteiger partial charge on any atom is 0.220 e. The van der Waals surface area contributed by atoms with Gasteiger partial charge in [0.25, 0.3) is 0 Å². The van der Waals surface area contributed by atoms with Gasteiger partial charge in [0.2, 0.25) is 5.91 Å². The van der Waals surface area contributed by atoms with Crippen LogP contribution in [-0.2, 0) is 4.79 Å². The number of hydrogen-bond acceptors (Lipinski definition) is 5. The number of aliphatic hydroxyl groups is 2. The average molecular weight is 211 g/mol. The summed E-state index contributed by atoms with van der Waals surface area (Å²) in [5.41, 5.74) is 10.6. The Labute approximate surface area is 86.5 Å². The van der Waals surface area contributed by atoms with Gasteiger partial charge in [0.1, 0.15) is 11.9 Å². The first-order chi connectivity index (χ1) is 7.00. The van der Waals surface area contributed by atoms with E-state index in [9.17, 15) is 15.0 Å². The molecular formula is C9H13N3O3. The molecule has 0 radical (unpaired) electrons. The Bertz CT molecular complexity index is 339. The van der Waals surface area contributed by atoms with Crippen molar-refractivity contribution in [1.82, 2.24) is 4.98 Å². The zero-order valence-electron chi connectivity index (χ0n) is 8.00. The lowest BCUT2D eigenvalue weighted by atomic mass is 10.0. The molecule has 1 aromatic rings. The predicted octanol–water partition coefficient (Wildman–Crippen LogP) is -1.07. The van der Waals surface area contributed by atoms with E-state index in [1.807, 2.05) is 0 Å². The van der Waals surface area contributed by atoms with Gasteiger partial charge in [-0.15, -0.1) is 0 Å². The second kappa shape index (κ2) is 4.72. The lowest BCUT2D eigenvalue weighted by molar-refractivity contribution is -0.121. The van der Waals surface area contributed by atoms with E-state index in [-0.39, 0.29) is 6.42 Å². The molecule has 0 saturated heterocycles. The van der Waals surface area contributed by atoms with Crippen LogP contribution in [0, 0.1) is 0 Å². The number of anilines is 1. The summed E-state index contributed by atoms with van der Waals surface area (Å²) in [7, 11) is 0. The van der Waals surface area contributed by atoms with Crippen LogP contribution in [0.5, 0.6) is 0 Å². The van der Waals surface area contributed by atoms with E-state index in [4.69, 9.17) is 11.5 Å². The van der Waals surface area contributed by atoms with Gasteiger partial charge in [-0.2, -0.15) is 0 Å². The second-order valence-corrected chi connectivity index (χ2v) is 3.20. The molecule has 0 saturated carbocycles. The van der Waals surface area contributed by atoms with Crippen molar-refractivity contribution in [3.05, 3.63) is 23.9 Å². The highest BCUT2D eigenvalue weighted by Gasteiger charge is 2.20. The van der Waals surface area contributed by atoms with Crippen LogP contribution >= 0.6 is 0 Å². The SMILES string of the molecule is NC(=O)CC(O)C(O)c1ccc(N)nc1. The highest BCUT2D eigenvalue weighted by Crippen LogP contribution is 2.18. The van der Waals surface area contributed by atoms with Crippen LogP contribution in [0.1, 0.15) is 18.1 Å².